The van der Waals surface area contributed by atoms with E-state index in [2.05, 4.69) is 26.3 Å². The van der Waals surface area contributed by atoms with E-state index in [1.807, 2.05) is 0 Å². The van der Waals surface area contributed by atoms with Gasteiger partial charge in [0, 0.05) is 0 Å². The van der Waals surface area contributed by atoms with Gasteiger partial charge >= 0.3 is 128 Å². The number of carbonyl (C=O) groups is 1. The molecule has 0 bridgehead atoms. The summed E-state index contributed by atoms with van der Waals surface area (Å²) in [4.78, 5) is 26.3. The molecule has 0 fully saturated rings. The second kappa shape index (κ2) is 6.78. The Bertz CT molecular complexity index is 702. The third-order valence-corrected chi connectivity index (χ3v) is 2.96. The van der Waals surface area contributed by atoms with Crippen LogP contribution in [-0.4, -0.2) is 31.6 Å². The number of benzene rings is 2. The SMILES string of the molecule is O=C(NC([Se])=Nc1ccccc1[N+](=O)[O-])c1ccccc1. The zero-order chi connectivity index (χ0) is 15.2. The molecule has 0 saturated heterocycles. The van der Waals surface area contributed by atoms with E-state index in [1.54, 1.807) is 42.5 Å². The molecule has 7 heteroatoms. The van der Waals surface area contributed by atoms with Crippen molar-refractivity contribution in [3.63, 3.8) is 0 Å². The van der Waals surface area contributed by atoms with Crippen molar-refractivity contribution in [1.29, 1.82) is 0 Å². The molecule has 0 aliphatic heterocycles. The Morgan fingerprint density at radius 2 is 1.71 bits per heavy atom. The Hall–Kier alpha value is -2.50. The van der Waals surface area contributed by atoms with E-state index in [1.165, 1.54) is 12.1 Å². The number of para-hydroxylation sites is 2. The summed E-state index contributed by atoms with van der Waals surface area (Å²) >= 11 is 2.59. The van der Waals surface area contributed by atoms with Crippen LogP contribution in [0.2, 0.25) is 0 Å². The molecule has 0 aliphatic rings. The number of amides is 1. The minimum atomic E-state index is -0.523. The van der Waals surface area contributed by atoms with Crippen LogP contribution in [0.1, 0.15) is 10.4 Å². The molecular formula is C14H10N3O3Se. The fraction of sp³-hybridized carbons (Fsp3) is 0. The predicted octanol–water partition coefficient (Wildman–Crippen LogP) is 2.18. The summed E-state index contributed by atoms with van der Waals surface area (Å²) < 4.78 is 0.165. The van der Waals surface area contributed by atoms with Gasteiger partial charge in [-0.25, -0.2) is 0 Å². The Morgan fingerprint density at radius 3 is 2.38 bits per heavy atom. The van der Waals surface area contributed by atoms with Crippen molar-refractivity contribution in [3.05, 3.63) is 70.3 Å². The van der Waals surface area contributed by atoms with Crippen molar-refractivity contribution < 1.29 is 9.72 Å². The van der Waals surface area contributed by atoms with Gasteiger partial charge in [0.25, 0.3) is 0 Å². The number of amidine groups is 1. The Morgan fingerprint density at radius 1 is 1.10 bits per heavy atom. The molecule has 2 aromatic carbocycles. The summed E-state index contributed by atoms with van der Waals surface area (Å²) in [6.07, 6.45) is 0. The molecule has 1 radical (unpaired) electrons. The minimum absolute atomic E-state index is 0.126. The maximum atomic E-state index is 11.9. The van der Waals surface area contributed by atoms with Gasteiger partial charge in [-0.15, -0.1) is 0 Å². The molecule has 0 saturated carbocycles. The van der Waals surface area contributed by atoms with Crippen molar-refractivity contribution in [2.75, 3.05) is 0 Å². The molecule has 0 heterocycles. The van der Waals surface area contributed by atoms with E-state index in [4.69, 9.17) is 0 Å². The number of nitrogens with zero attached hydrogens (tertiary/aromatic N) is 2. The van der Waals surface area contributed by atoms with E-state index in [0.717, 1.165) is 0 Å². The fourth-order valence-electron chi connectivity index (χ4n) is 1.61. The number of hydrogen-bond donors (Lipinski definition) is 1. The molecule has 0 aliphatic carbocycles. The second-order valence-corrected chi connectivity index (χ2v) is 4.79. The molecule has 2 aromatic rings. The van der Waals surface area contributed by atoms with Gasteiger partial charge in [-0.1, -0.05) is 0 Å². The van der Waals surface area contributed by atoms with E-state index in [0.29, 0.717) is 5.56 Å². The first-order valence-corrected chi connectivity index (χ1v) is 6.79. The second-order valence-electron chi connectivity index (χ2n) is 3.98. The molecule has 0 aromatic heterocycles. The number of nitro groups is 1. The van der Waals surface area contributed by atoms with Gasteiger partial charge in [-0.3, -0.25) is 0 Å². The van der Waals surface area contributed by atoms with Crippen molar-refractivity contribution >= 4 is 38.0 Å². The Labute approximate surface area is 128 Å². The summed E-state index contributed by atoms with van der Waals surface area (Å²) in [6.45, 7) is 0. The van der Waals surface area contributed by atoms with Gasteiger partial charge < -0.3 is 0 Å². The predicted molar refractivity (Wildman–Crippen MR) is 79.9 cm³/mol. The van der Waals surface area contributed by atoms with Crippen LogP contribution in [0, 0.1) is 10.1 Å². The van der Waals surface area contributed by atoms with E-state index >= 15 is 0 Å². The molecular weight excluding hydrogens is 337 g/mol. The van der Waals surface area contributed by atoms with Crippen molar-refractivity contribution in [2.45, 2.75) is 0 Å². The average molecular weight is 347 g/mol. The summed E-state index contributed by atoms with van der Waals surface area (Å²) in [6, 6.07) is 14.7. The van der Waals surface area contributed by atoms with Crippen molar-refractivity contribution in [3.8, 4) is 0 Å². The molecule has 1 N–H and O–H groups in total. The topological polar surface area (TPSA) is 84.6 Å². The van der Waals surface area contributed by atoms with Crippen LogP contribution in [0.5, 0.6) is 0 Å². The third kappa shape index (κ3) is 3.98. The first kappa shape index (κ1) is 14.9. The number of rotatable bonds is 3. The molecule has 0 atom stereocenters. The molecule has 105 valence electrons. The zero-order valence-electron chi connectivity index (χ0n) is 10.7. The van der Waals surface area contributed by atoms with Gasteiger partial charge in [-0.2, -0.15) is 0 Å². The van der Waals surface area contributed by atoms with Crippen LogP contribution in [0.4, 0.5) is 11.4 Å². The summed E-state index contributed by atoms with van der Waals surface area (Å²) in [7, 11) is 0. The van der Waals surface area contributed by atoms with Crippen LogP contribution in [0.25, 0.3) is 0 Å². The van der Waals surface area contributed by atoms with Gasteiger partial charge in [0.15, 0.2) is 0 Å². The van der Waals surface area contributed by atoms with Crippen LogP contribution in [0.3, 0.4) is 0 Å². The fourth-order valence-corrected chi connectivity index (χ4v) is 2.01. The van der Waals surface area contributed by atoms with E-state index in [-0.39, 0.29) is 22.0 Å². The summed E-state index contributed by atoms with van der Waals surface area (Å²) in [5, 5.41) is 13.4. The first-order valence-electron chi connectivity index (χ1n) is 5.93. The quantitative estimate of drug-likeness (QED) is 0.304. The van der Waals surface area contributed by atoms with Crippen molar-refractivity contribution in [2.24, 2.45) is 4.99 Å². The average Bonchev–Trinajstić information content (AvgIpc) is 2.48. The van der Waals surface area contributed by atoms with Gasteiger partial charge in [-0.05, 0) is 0 Å². The molecule has 0 spiro atoms. The van der Waals surface area contributed by atoms with Gasteiger partial charge in [0.2, 0.25) is 0 Å². The van der Waals surface area contributed by atoms with Crippen molar-refractivity contribution in [1.82, 2.24) is 5.32 Å². The first-order chi connectivity index (χ1) is 10.1. The zero-order valence-corrected chi connectivity index (χ0v) is 12.4. The Kier molecular flexibility index (Phi) is 4.81. The van der Waals surface area contributed by atoms with E-state index in [9.17, 15) is 14.9 Å². The molecule has 0 unspecified atom stereocenters. The summed E-state index contributed by atoms with van der Waals surface area (Å²) in [5.74, 6) is -0.341. The molecule has 1 amide bonds. The maximum absolute atomic E-state index is 11.9. The van der Waals surface area contributed by atoms with Crippen LogP contribution in [0.15, 0.2) is 59.6 Å². The third-order valence-electron chi connectivity index (χ3n) is 2.56. The standard InChI is InChI=1S/C14H10N3O3Se/c18-13(10-6-2-1-3-7-10)16-14(21)15-11-8-4-5-9-12(11)17(19)20/h1-9H,(H,15,16,18). The Balaban J connectivity index is 2.19. The number of nitro benzene ring substituents is 1. The number of aliphatic imine (C=N–C) groups is 1. The van der Waals surface area contributed by atoms with Crippen LogP contribution in [-0.2, 0) is 0 Å². The van der Waals surface area contributed by atoms with Gasteiger partial charge in [0.1, 0.15) is 0 Å². The van der Waals surface area contributed by atoms with Gasteiger partial charge in [0.05, 0.1) is 0 Å². The number of carbonyl (C=O) groups excluding carboxylic acids is 1. The van der Waals surface area contributed by atoms with E-state index < -0.39 is 4.92 Å². The normalized spacial score (nSPS) is 11.0. The van der Waals surface area contributed by atoms with Crippen LogP contribution >= 0.6 is 0 Å². The number of nitrogens with one attached hydrogen (secondary N) is 1. The molecule has 2 rings (SSSR count). The monoisotopic (exact) mass is 348 g/mol. The molecule has 6 nitrogen and oxygen atoms in total. The molecule has 21 heavy (non-hydrogen) atoms. The summed E-state index contributed by atoms with van der Waals surface area (Å²) in [5.41, 5.74) is 0.520. The van der Waals surface area contributed by atoms with Crippen LogP contribution < -0.4 is 5.32 Å². The number of hydrogen-bond acceptors (Lipinski definition) is 4.